The lowest BCUT2D eigenvalue weighted by atomic mass is 9.70. The van der Waals surface area contributed by atoms with Crippen molar-refractivity contribution >= 4 is 67.6 Å². The Hall–Kier alpha value is -3.60. The lowest BCUT2D eigenvalue weighted by Crippen LogP contribution is -2.58. The second kappa shape index (κ2) is 14.1. The van der Waals surface area contributed by atoms with Crippen LogP contribution in [0.2, 0.25) is 0 Å². The summed E-state index contributed by atoms with van der Waals surface area (Å²) in [5, 5.41) is 12.4. The van der Waals surface area contributed by atoms with E-state index in [-0.39, 0.29) is 47.5 Å². The summed E-state index contributed by atoms with van der Waals surface area (Å²) in [5.41, 5.74) is 1.39. The first-order valence-corrected chi connectivity index (χ1v) is 18.3. The Morgan fingerprint density at radius 3 is 2.29 bits per heavy atom. The minimum atomic E-state index is -0.885. The number of amides is 3. The van der Waals surface area contributed by atoms with Gasteiger partial charge < -0.3 is 24.5 Å². The van der Waals surface area contributed by atoms with Gasteiger partial charge >= 0.3 is 0 Å². The molecule has 3 fully saturated rings. The van der Waals surface area contributed by atoms with Crippen LogP contribution in [0.1, 0.15) is 26.7 Å². The van der Waals surface area contributed by atoms with Gasteiger partial charge in [-0.25, -0.2) is 0 Å². The number of ether oxygens (including phenoxy) is 1. The molecule has 3 unspecified atom stereocenters. The molecule has 0 radical (unpaired) electrons. The zero-order chi connectivity index (χ0) is 34.2. The van der Waals surface area contributed by atoms with Gasteiger partial charge in [0, 0.05) is 34.5 Å². The summed E-state index contributed by atoms with van der Waals surface area (Å²) in [6.45, 7) is 12.4. The molecule has 3 heterocycles. The van der Waals surface area contributed by atoms with Gasteiger partial charge in [-0.3, -0.25) is 14.4 Å². The topological polar surface area (TPSA) is 90.4 Å². The van der Waals surface area contributed by atoms with Crippen molar-refractivity contribution in [3.05, 3.63) is 92.0 Å². The van der Waals surface area contributed by atoms with E-state index < -0.39 is 28.7 Å². The molecular weight excluding hydrogens is 690 g/mol. The summed E-state index contributed by atoms with van der Waals surface area (Å²) in [7, 11) is 0. The number of alkyl halides is 1. The number of hydrogen-bond donors (Lipinski definition) is 1. The average molecular weight is 733 g/mol. The Morgan fingerprint density at radius 2 is 1.67 bits per heavy atom. The molecule has 1 N–H and O–H groups in total. The fraction of sp³-hybridized carbons (Fsp3) is 0.395. The van der Waals surface area contributed by atoms with Crippen molar-refractivity contribution in [2.24, 2.45) is 11.8 Å². The van der Waals surface area contributed by atoms with E-state index in [1.165, 1.54) is 0 Å². The number of halogens is 1. The predicted molar refractivity (Wildman–Crippen MR) is 197 cm³/mol. The first-order chi connectivity index (χ1) is 23.2. The van der Waals surface area contributed by atoms with Crippen LogP contribution in [0.5, 0.6) is 5.75 Å². The Kier molecular flexibility index (Phi) is 10.1. The highest BCUT2D eigenvalue weighted by molar-refractivity contribution is 9.09. The van der Waals surface area contributed by atoms with Gasteiger partial charge in [-0.05, 0) is 66.9 Å². The summed E-state index contributed by atoms with van der Waals surface area (Å²) in [6, 6.07) is 19.8. The summed E-state index contributed by atoms with van der Waals surface area (Å²) in [5.74, 6) is -1.37. The van der Waals surface area contributed by atoms with E-state index in [4.69, 9.17) is 4.74 Å². The minimum Gasteiger partial charge on any atom is -0.494 e. The summed E-state index contributed by atoms with van der Waals surface area (Å²) in [4.78, 5) is 49.5. The zero-order valence-electron chi connectivity index (χ0n) is 27.3. The van der Waals surface area contributed by atoms with Crippen LogP contribution in [-0.2, 0) is 14.4 Å². The number of thioether (sulfide) groups is 1. The molecule has 48 heavy (non-hydrogen) atoms. The van der Waals surface area contributed by atoms with Crippen molar-refractivity contribution in [2.75, 3.05) is 36.1 Å². The number of carbonyl (C=O) groups excluding carboxylic acids is 3. The maximum absolute atomic E-state index is 15.1. The number of anilines is 2. The van der Waals surface area contributed by atoms with E-state index in [1.807, 2.05) is 80.6 Å². The highest BCUT2D eigenvalue weighted by Crippen LogP contribution is 2.68. The molecule has 3 aromatic rings. The number of hydrogen-bond acceptors (Lipinski definition) is 6. The van der Waals surface area contributed by atoms with E-state index in [1.54, 1.807) is 38.6 Å². The van der Waals surface area contributed by atoms with E-state index >= 15 is 4.79 Å². The molecule has 3 aliphatic rings. The smallest absolute Gasteiger partial charge is 0.251 e. The molecule has 252 valence electrons. The molecule has 10 heteroatoms. The molecular formula is C38H42BrN3O5S. The van der Waals surface area contributed by atoms with E-state index in [9.17, 15) is 14.7 Å². The van der Waals surface area contributed by atoms with Crippen LogP contribution in [-0.4, -0.2) is 80.9 Å². The number of fused-ring (bicyclic) bond motifs is 2. The molecule has 0 aromatic heterocycles. The molecule has 2 bridgehead atoms. The molecule has 3 saturated heterocycles. The van der Waals surface area contributed by atoms with E-state index in [0.29, 0.717) is 36.6 Å². The molecule has 7 atom stereocenters. The lowest BCUT2D eigenvalue weighted by Gasteiger charge is -2.40. The van der Waals surface area contributed by atoms with Crippen molar-refractivity contribution in [3.63, 3.8) is 0 Å². The number of benzene rings is 3. The zero-order valence-corrected chi connectivity index (χ0v) is 29.7. The molecule has 8 nitrogen and oxygen atoms in total. The summed E-state index contributed by atoms with van der Waals surface area (Å²) in [6.07, 6.45) is 4.38. The largest absolute Gasteiger partial charge is 0.494 e. The van der Waals surface area contributed by atoms with Gasteiger partial charge in [-0.15, -0.1) is 24.9 Å². The molecule has 3 amide bonds. The van der Waals surface area contributed by atoms with Crippen LogP contribution in [0, 0.1) is 11.8 Å². The monoisotopic (exact) mass is 731 g/mol. The van der Waals surface area contributed by atoms with Crippen LogP contribution < -0.4 is 14.5 Å². The normalized spacial score (nSPS) is 26.3. The highest BCUT2D eigenvalue weighted by Gasteiger charge is 2.76. The summed E-state index contributed by atoms with van der Waals surface area (Å²) < 4.78 is 4.75. The quantitative estimate of drug-likeness (QED) is 0.166. The molecule has 6 rings (SSSR count). The molecule has 1 spiro atoms. The molecule has 3 aliphatic heterocycles. The summed E-state index contributed by atoms with van der Waals surface area (Å²) >= 11 is 5.48. The van der Waals surface area contributed by atoms with Gasteiger partial charge in [-0.2, -0.15) is 0 Å². The lowest BCUT2D eigenvalue weighted by molar-refractivity contribution is -0.141. The first kappa shape index (κ1) is 34.3. The van der Waals surface area contributed by atoms with Crippen molar-refractivity contribution in [3.8, 4) is 5.75 Å². The van der Waals surface area contributed by atoms with E-state index in [2.05, 4.69) is 29.1 Å². The number of likely N-dealkylation sites (tertiary alicyclic amines) is 1. The second-order valence-electron chi connectivity index (χ2n) is 12.6. The average Bonchev–Trinajstić information content (AvgIpc) is 3.70. The van der Waals surface area contributed by atoms with Gasteiger partial charge in [0.25, 0.3) is 5.91 Å². The number of carbonyl (C=O) groups is 3. The Labute approximate surface area is 294 Å². The number of rotatable bonds is 13. The van der Waals surface area contributed by atoms with Crippen LogP contribution >= 0.6 is 27.7 Å². The number of nitrogens with zero attached hydrogens (tertiary/aromatic N) is 3. The number of aliphatic hydroxyl groups is 1. The number of aliphatic hydroxyl groups excluding tert-OH is 1. The van der Waals surface area contributed by atoms with Crippen LogP contribution in [0.3, 0.4) is 0 Å². The fourth-order valence-corrected chi connectivity index (χ4v) is 11.5. The van der Waals surface area contributed by atoms with Crippen molar-refractivity contribution in [1.82, 2.24) is 4.90 Å². The standard InChI is InChI=1S/C38H42BrN3O5S/c1-5-19-40(27-15-17-29(18-16-27)47-8-4)35(44)31-32-36(45)42(26(7-3)23-43)34(38(32)22-30(39)33(31)48-38)37(46)41(20-6-2)28-14-13-24-11-9-10-12-25(24)21-28/h5-6,9-18,21,26,30-34,43H,1-2,7-8,19-20,22-23H2,3-4H3/t26-,30?,31+,32-,33+,34?,38?/m0/s1. The SMILES string of the molecule is C=CCN(C(=O)C1N([C@@H](CC)CO)C(=O)[C@@H]2[C@@H](C(=O)N(CC=C)c3ccc(OCC)cc3)[C@@H]3SC12CC3Br)c1ccc2ccccc2c1. The van der Waals surface area contributed by atoms with Gasteiger partial charge in [0.05, 0.1) is 35.8 Å². The fourth-order valence-electron chi connectivity index (χ4n) is 7.90. The van der Waals surface area contributed by atoms with Gasteiger partial charge in [0.2, 0.25) is 11.8 Å². The van der Waals surface area contributed by atoms with Crippen LogP contribution in [0.15, 0.2) is 92.0 Å². The van der Waals surface area contributed by atoms with Crippen molar-refractivity contribution in [2.45, 2.75) is 53.6 Å². The van der Waals surface area contributed by atoms with E-state index in [0.717, 1.165) is 10.8 Å². The van der Waals surface area contributed by atoms with Gasteiger partial charge in [0.15, 0.2) is 0 Å². The van der Waals surface area contributed by atoms with Gasteiger partial charge in [-0.1, -0.05) is 65.3 Å². The highest BCUT2D eigenvalue weighted by atomic mass is 79.9. The minimum absolute atomic E-state index is 0.0932. The Bertz CT molecular complexity index is 1710. The third kappa shape index (κ3) is 5.65. The van der Waals surface area contributed by atoms with Crippen molar-refractivity contribution in [1.29, 1.82) is 0 Å². The second-order valence-corrected chi connectivity index (χ2v) is 15.3. The predicted octanol–water partition coefficient (Wildman–Crippen LogP) is 6.21. The Balaban J connectivity index is 1.43. The molecule has 0 saturated carbocycles. The molecule has 3 aromatic carbocycles. The first-order valence-electron chi connectivity index (χ1n) is 16.6. The molecule has 0 aliphatic carbocycles. The third-order valence-corrected chi connectivity index (χ3v) is 13.2. The maximum atomic E-state index is 15.1. The third-order valence-electron chi connectivity index (χ3n) is 9.98. The maximum Gasteiger partial charge on any atom is 0.251 e. The van der Waals surface area contributed by atoms with Crippen LogP contribution in [0.25, 0.3) is 10.8 Å². The van der Waals surface area contributed by atoms with Gasteiger partial charge in [0.1, 0.15) is 11.8 Å². The Morgan fingerprint density at radius 1 is 1.02 bits per heavy atom. The van der Waals surface area contributed by atoms with Crippen molar-refractivity contribution < 1.29 is 24.2 Å². The van der Waals surface area contributed by atoms with Crippen LogP contribution in [0.4, 0.5) is 11.4 Å².